The summed E-state index contributed by atoms with van der Waals surface area (Å²) in [5.74, 6) is -0.0437. The van der Waals surface area contributed by atoms with E-state index in [-0.39, 0.29) is 11.2 Å². The van der Waals surface area contributed by atoms with E-state index in [2.05, 4.69) is 0 Å². The van der Waals surface area contributed by atoms with Crippen LogP contribution in [0.5, 0.6) is 0 Å². The molecule has 0 atom stereocenters. The lowest BCUT2D eigenvalue weighted by Gasteiger charge is -2.71. The number of hydrogen-bond donors (Lipinski definition) is 1. The first-order valence-corrected chi connectivity index (χ1v) is 5.15. The fourth-order valence-corrected chi connectivity index (χ4v) is 3.39. The van der Waals surface area contributed by atoms with Crippen LogP contribution in [0.3, 0.4) is 0 Å². The Bertz CT molecular complexity index is 366. The van der Waals surface area contributed by atoms with Crippen molar-refractivity contribution in [1.29, 1.82) is 0 Å². The second-order valence-corrected chi connectivity index (χ2v) is 4.99. The van der Waals surface area contributed by atoms with Gasteiger partial charge in [-0.1, -0.05) is 18.2 Å². The second kappa shape index (κ2) is 2.37. The fourth-order valence-electron chi connectivity index (χ4n) is 3.39. The molecule has 74 valence electrons. The standard InChI is InChI=1S/C12H14FN/c13-10-4-2-1-3-9(10)12-5-11(6-12,7-12)8-14/h1-4H,5-8,14H2. The van der Waals surface area contributed by atoms with Gasteiger partial charge >= 0.3 is 0 Å². The van der Waals surface area contributed by atoms with Gasteiger partial charge in [-0.2, -0.15) is 0 Å². The van der Waals surface area contributed by atoms with Gasteiger partial charge in [0.25, 0.3) is 0 Å². The lowest BCUT2D eigenvalue weighted by molar-refractivity contribution is -0.134. The van der Waals surface area contributed by atoms with E-state index in [1.807, 2.05) is 12.1 Å². The van der Waals surface area contributed by atoms with Crippen LogP contribution in [0.15, 0.2) is 24.3 Å². The smallest absolute Gasteiger partial charge is 0.126 e. The molecule has 0 unspecified atom stereocenters. The summed E-state index contributed by atoms with van der Waals surface area (Å²) in [6.45, 7) is 0.767. The molecule has 0 radical (unpaired) electrons. The van der Waals surface area contributed by atoms with Gasteiger partial charge in [-0.25, -0.2) is 4.39 Å². The molecule has 2 N–H and O–H groups in total. The van der Waals surface area contributed by atoms with Crippen LogP contribution < -0.4 is 5.73 Å². The van der Waals surface area contributed by atoms with E-state index in [9.17, 15) is 4.39 Å². The summed E-state index contributed by atoms with van der Waals surface area (Å²) in [5, 5.41) is 0. The minimum absolute atomic E-state index is 0.0437. The molecule has 3 aliphatic rings. The maximum atomic E-state index is 13.5. The van der Waals surface area contributed by atoms with Gasteiger partial charge in [0.15, 0.2) is 0 Å². The van der Waals surface area contributed by atoms with Crippen molar-refractivity contribution >= 4 is 0 Å². The largest absolute Gasteiger partial charge is 0.330 e. The molecule has 1 aromatic rings. The summed E-state index contributed by atoms with van der Waals surface area (Å²) in [6.07, 6.45) is 3.28. The summed E-state index contributed by atoms with van der Waals surface area (Å²) in [4.78, 5) is 0. The Morgan fingerprint density at radius 1 is 1.21 bits per heavy atom. The number of benzene rings is 1. The van der Waals surface area contributed by atoms with Crippen LogP contribution in [-0.4, -0.2) is 6.54 Å². The summed E-state index contributed by atoms with van der Waals surface area (Å²) < 4.78 is 13.5. The molecule has 0 aromatic heterocycles. The average Bonchev–Trinajstić information content (AvgIpc) is 2.04. The predicted molar refractivity (Wildman–Crippen MR) is 53.4 cm³/mol. The Morgan fingerprint density at radius 3 is 2.43 bits per heavy atom. The highest BCUT2D eigenvalue weighted by atomic mass is 19.1. The molecule has 0 saturated heterocycles. The highest BCUT2D eigenvalue weighted by Gasteiger charge is 2.67. The van der Waals surface area contributed by atoms with Crippen molar-refractivity contribution in [1.82, 2.24) is 0 Å². The number of nitrogens with two attached hydrogens (primary N) is 1. The maximum absolute atomic E-state index is 13.5. The Labute approximate surface area is 83.1 Å². The van der Waals surface area contributed by atoms with Crippen molar-refractivity contribution in [2.75, 3.05) is 6.54 Å². The van der Waals surface area contributed by atoms with Gasteiger partial charge in [-0.15, -0.1) is 0 Å². The van der Waals surface area contributed by atoms with Gasteiger partial charge < -0.3 is 5.73 Å². The average molecular weight is 191 g/mol. The van der Waals surface area contributed by atoms with Crippen LogP contribution in [0.2, 0.25) is 0 Å². The van der Waals surface area contributed by atoms with E-state index < -0.39 is 0 Å². The molecular weight excluding hydrogens is 177 g/mol. The van der Waals surface area contributed by atoms with E-state index in [1.54, 1.807) is 12.1 Å². The van der Waals surface area contributed by atoms with Crippen molar-refractivity contribution < 1.29 is 4.39 Å². The maximum Gasteiger partial charge on any atom is 0.126 e. The van der Waals surface area contributed by atoms with Crippen LogP contribution in [-0.2, 0) is 5.41 Å². The number of rotatable bonds is 2. The normalized spacial score (nSPS) is 38.7. The van der Waals surface area contributed by atoms with Gasteiger partial charge in [0.05, 0.1) is 0 Å². The van der Waals surface area contributed by atoms with E-state index >= 15 is 0 Å². The molecule has 0 spiro atoms. The number of halogens is 1. The molecule has 2 bridgehead atoms. The third-order valence-electron chi connectivity index (χ3n) is 4.02. The molecular formula is C12H14FN. The van der Waals surface area contributed by atoms with Crippen LogP contribution in [0.25, 0.3) is 0 Å². The first-order valence-electron chi connectivity index (χ1n) is 5.15. The summed E-state index contributed by atoms with van der Waals surface area (Å²) in [5.41, 5.74) is 7.13. The molecule has 2 heteroatoms. The zero-order valence-electron chi connectivity index (χ0n) is 8.09. The van der Waals surface area contributed by atoms with Crippen LogP contribution in [0.4, 0.5) is 4.39 Å². The van der Waals surface area contributed by atoms with Gasteiger partial charge in [-0.3, -0.25) is 0 Å². The monoisotopic (exact) mass is 191 g/mol. The van der Waals surface area contributed by atoms with Gasteiger partial charge in [0.2, 0.25) is 0 Å². The van der Waals surface area contributed by atoms with Gasteiger partial charge in [0, 0.05) is 0 Å². The molecule has 1 nitrogen and oxygen atoms in total. The topological polar surface area (TPSA) is 26.0 Å². The quantitative estimate of drug-likeness (QED) is 0.762. The third kappa shape index (κ3) is 0.825. The van der Waals surface area contributed by atoms with Crippen molar-refractivity contribution in [2.24, 2.45) is 11.1 Å². The van der Waals surface area contributed by atoms with Crippen molar-refractivity contribution in [3.8, 4) is 0 Å². The van der Waals surface area contributed by atoms with Gasteiger partial charge in [-0.05, 0) is 48.3 Å². The molecule has 4 rings (SSSR count). The predicted octanol–water partition coefficient (Wildman–Crippen LogP) is 2.21. The van der Waals surface area contributed by atoms with E-state index in [4.69, 9.17) is 5.73 Å². The molecule has 0 amide bonds. The van der Waals surface area contributed by atoms with E-state index in [0.29, 0.717) is 5.41 Å². The highest BCUT2D eigenvalue weighted by molar-refractivity contribution is 5.39. The SMILES string of the molecule is NCC12CC(c3ccccc3F)(C1)C2. The Kier molecular flexibility index (Phi) is 1.43. The van der Waals surface area contributed by atoms with Crippen LogP contribution >= 0.6 is 0 Å². The van der Waals surface area contributed by atoms with Crippen molar-refractivity contribution in [3.63, 3.8) is 0 Å². The molecule has 3 saturated carbocycles. The molecule has 0 aliphatic heterocycles. The van der Waals surface area contributed by atoms with E-state index in [0.717, 1.165) is 31.4 Å². The minimum Gasteiger partial charge on any atom is -0.330 e. The number of hydrogen-bond acceptors (Lipinski definition) is 1. The van der Waals surface area contributed by atoms with Crippen LogP contribution in [0.1, 0.15) is 24.8 Å². The lowest BCUT2D eigenvalue weighted by atomic mass is 9.33. The lowest BCUT2D eigenvalue weighted by Crippen LogP contribution is -2.67. The highest BCUT2D eigenvalue weighted by Crippen LogP contribution is 2.73. The second-order valence-electron chi connectivity index (χ2n) is 4.99. The summed E-state index contributed by atoms with van der Waals surface area (Å²) in [7, 11) is 0. The Balaban J connectivity index is 1.91. The zero-order chi connectivity index (χ0) is 9.81. The van der Waals surface area contributed by atoms with Crippen molar-refractivity contribution in [2.45, 2.75) is 24.7 Å². The van der Waals surface area contributed by atoms with Crippen LogP contribution in [0, 0.1) is 11.2 Å². The molecule has 3 fully saturated rings. The molecule has 0 heterocycles. The zero-order valence-corrected chi connectivity index (χ0v) is 8.09. The first-order chi connectivity index (χ1) is 6.70. The van der Waals surface area contributed by atoms with Crippen molar-refractivity contribution in [3.05, 3.63) is 35.6 Å². The minimum atomic E-state index is -0.0437. The third-order valence-corrected chi connectivity index (χ3v) is 4.02. The van der Waals surface area contributed by atoms with Gasteiger partial charge in [0.1, 0.15) is 5.82 Å². The fraction of sp³-hybridized carbons (Fsp3) is 0.500. The summed E-state index contributed by atoms with van der Waals surface area (Å²) >= 11 is 0. The molecule has 14 heavy (non-hydrogen) atoms. The summed E-state index contributed by atoms with van der Waals surface area (Å²) in [6, 6.07) is 7.16. The first kappa shape index (κ1) is 8.42. The molecule has 3 aliphatic carbocycles. The van der Waals surface area contributed by atoms with E-state index in [1.165, 1.54) is 0 Å². The molecule has 1 aromatic carbocycles. The Hall–Kier alpha value is -0.890. The Morgan fingerprint density at radius 2 is 1.86 bits per heavy atom.